The summed E-state index contributed by atoms with van der Waals surface area (Å²) in [6, 6.07) is 11.4. The van der Waals surface area contributed by atoms with E-state index in [-0.39, 0.29) is 0 Å². The molecule has 0 radical (unpaired) electrons. The van der Waals surface area contributed by atoms with Gasteiger partial charge in [-0.05, 0) is 36.8 Å². The van der Waals surface area contributed by atoms with Crippen LogP contribution in [0, 0.1) is 6.92 Å². The highest BCUT2D eigenvalue weighted by molar-refractivity contribution is 6.31. The van der Waals surface area contributed by atoms with Crippen LogP contribution in [0.25, 0.3) is 0 Å². The molecule has 1 aromatic carbocycles. The summed E-state index contributed by atoms with van der Waals surface area (Å²) in [5, 5.41) is 4.81. The largest absolute Gasteiger partial charge is 0.278 e. The molecule has 0 saturated carbocycles. The molecule has 0 bridgehead atoms. The van der Waals surface area contributed by atoms with Crippen molar-refractivity contribution in [3.05, 3.63) is 58.9 Å². The molecule has 1 heterocycles. The molecule has 2 rings (SSSR count). The summed E-state index contributed by atoms with van der Waals surface area (Å²) in [7, 11) is 0. The van der Waals surface area contributed by atoms with Crippen molar-refractivity contribution in [1.82, 2.24) is 4.98 Å². The molecule has 0 atom stereocenters. The monoisotopic (exact) mass is 245 g/mol. The van der Waals surface area contributed by atoms with Crippen LogP contribution in [0.5, 0.6) is 0 Å². The number of pyridine rings is 1. The predicted octanol–water partition coefficient (Wildman–Crippen LogP) is 3.49. The van der Waals surface area contributed by atoms with Crippen molar-refractivity contribution in [3.8, 4) is 0 Å². The van der Waals surface area contributed by atoms with Gasteiger partial charge in [-0.2, -0.15) is 5.10 Å². The average Bonchev–Trinajstić information content (AvgIpc) is 2.35. The van der Waals surface area contributed by atoms with Crippen LogP contribution in [-0.4, -0.2) is 11.2 Å². The van der Waals surface area contributed by atoms with Gasteiger partial charge in [0.15, 0.2) is 0 Å². The van der Waals surface area contributed by atoms with E-state index in [1.54, 1.807) is 12.4 Å². The number of nitrogens with one attached hydrogen (secondary N) is 1. The fourth-order valence-corrected chi connectivity index (χ4v) is 1.47. The first kappa shape index (κ1) is 11.6. The van der Waals surface area contributed by atoms with Gasteiger partial charge in [0.2, 0.25) is 0 Å². The van der Waals surface area contributed by atoms with Crippen molar-refractivity contribution in [3.63, 3.8) is 0 Å². The zero-order chi connectivity index (χ0) is 12.1. The van der Waals surface area contributed by atoms with Crippen LogP contribution in [0.15, 0.2) is 47.7 Å². The Hall–Kier alpha value is -1.87. The second-order valence-electron chi connectivity index (χ2n) is 3.59. The number of hydrogen-bond acceptors (Lipinski definition) is 3. The number of hydrogen-bond donors (Lipinski definition) is 1. The Kier molecular flexibility index (Phi) is 3.73. The van der Waals surface area contributed by atoms with Gasteiger partial charge in [-0.15, -0.1) is 0 Å². The van der Waals surface area contributed by atoms with Gasteiger partial charge in [-0.25, -0.2) is 0 Å². The lowest BCUT2D eigenvalue weighted by atomic mass is 10.2. The lowest BCUT2D eigenvalue weighted by molar-refractivity contribution is 1.28. The predicted molar refractivity (Wildman–Crippen MR) is 71.6 cm³/mol. The maximum absolute atomic E-state index is 6.01. The highest BCUT2D eigenvalue weighted by Crippen LogP contribution is 2.19. The molecule has 0 aliphatic carbocycles. The smallest absolute Gasteiger partial charge is 0.0830 e. The van der Waals surface area contributed by atoms with Gasteiger partial charge in [-0.3, -0.25) is 10.4 Å². The van der Waals surface area contributed by atoms with Crippen molar-refractivity contribution in [1.29, 1.82) is 0 Å². The first-order valence-corrected chi connectivity index (χ1v) is 5.60. The van der Waals surface area contributed by atoms with E-state index in [0.29, 0.717) is 0 Å². The molecule has 4 heteroatoms. The van der Waals surface area contributed by atoms with E-state index in [9.17, 15) is 0 Å². The number of anilines is 1. The lowest BCUT2D eigenvalue weighted by Crippen LogP contribution is -1.92. The maximum atomic E-state index is 6.01. The van der Waals surface area contributed by atoms with Gasteiger partial charge in [0.1, 0.15) is 0 Å². The molecular weight excluding hydrogens is 234 g/mol. The zero-order valence-corrected chi connectivity index (χ0v) is 10.1. The van der Waals surface area contributed by atoms with Crippen molar-refractivity contribution in [2.24, 2.45) is 5.10 Å². The number of nitrogens with zero attached hydrogens (tertiary/aromatic N) is 2. The Morgan fingerprint density at radius 1 is 1.29 bits per heavy atom. The molecule has 0 saturated heterocycles. The summed E-state index contributed by atoms with van der Waals surface area (Å²) in [5.74, 6) is 0. The summed E-state index contributed by atoms with van der Waals surface area (Å²) in [6.07, 6.45) is 3.39. The third-order valence-electron chi connectivity index (χ3n) is 2.25. The minimum absolute atomic E-state index is 0.725. The van der Waals surface area contributed by atoms with Gasteiger partial charge in [0.05, 0.1) is 17.6 Å². The second-order valence-corrected chi connectivity index (χ2v) is 4.00. The Morgan fingerprint density at radius 2 is 2.18 bits per heavy atom. The van der Waals surface area contributed by atoms with Crippen LogP contribution in [0.1, 0.15) is 11.3 Å². The molecule has 0 amide bonds. The molecule has 3 nitrogen and oxygen atoms in total. The Labute approximate surface area is 105 Å². The number of aryl methyl sites for hydroxylation is 1. The van der Waals surface area contributed by atoms with Crippen molar-refractivity contribution in [2.75, 3.05) is 5.43 Å². The SMILES string of the molecule is Cc1ccc(N/N=C\c2ccccn2)cc1Cl. The fourth-order valence-electron chi connectivity index (χ4n) is 1.29. The molecule has 86 valence electrons. The Morgan fingerprint density at radius 3 is 2.88 bits per heavy atom. The van der Waals surface area contributed by atoms with E-state index < -0.39 is 0 Å². The van der Waals surface area contributed by atoms with Gasteiger partial charge < -0.3 is 0 Å². The summed E-state index contributed by atoms with van der Waals surface area (Å²) in [5.41, 5.74) is 5.61. The Balaban J connectivity index is 2.03. The van der Waals surface area contributed by atoms with Crippen LogP contribution in [0.3, 0.4) is 0 Å². The van der Waals surface area contributed by atoms with Crippen LogP contribution in [0.4, 0.5) is 5.69 Å². The van der Waals surface area contributed by atoms with Crippen molar-refractivity contribution < 1.29 is 0 Å². The number of hydrazone groups is 1. The van der Waals surface area contributed by atoms with E-state index in [1.165, 1.54) is 0 Å². The minimum Gasteiger partial charge on any atom is -0.278 e. The molecular formula is C13H12ClN3. The van der Waals surface area contributed by atoms with Gasteiger partial charge in [0, 0.05) is 11.2 Å². The molecule has 0 aliphatic heterocycles. The standard InChI is InChI=1S/C13H12ClN3/c1-10-5-6-11(8-13(10)14)17-16-9-12-4-2-3-7-15-12/h2-9,17H,1H3/b16-9-. The summed E-state index contributed by atoms with van der Waals surface area (Å²) >= 11 is 6.01. The number of rotatable bonds is 3. The van der Waals surface area contributed by atoms with Gasteiger partial charge in [0.25, 0.3) is 0 Å². The molecule has 0 fully saturated rings. The molecule has 0 spiro atoms. The Bertz CT molecular complexity index is 523. The van der Waals surface area contributed by atoms with Gasteiger partial charge >= 0.3 is 0 Å². The summed E-state index contributed by atoms with van der Waals surface area (Å²) < 4.78 is 0. The van der Waals surface area contributed by atoms with E-state index >= 15 is 0 Å². The molecule has 17 heavy (non-hydrogen) atoms. The normalized spacial score (nSPS) is 10.7. The maximum Gasteiger partial charge on any atom is 0.0830 e. The van der Waals surface area contributed by atoms with E-state index in [2.05, 4.69) is 15.5 Å². The third-order valence-corrected chi connectivity index (χ3v) is 2.66. The first-order valence-electron chi connectivity index (χ1n) is 5.22. The van der Waals surface area contributed by atoms with E-state index in [1.807, 2.05) is 43.3 Å². The van der Waals surface area contributed by atoms with Crippen LogP contribution in [-0.2, 0) is 0 Å². The van der Waals surface area contributed by atoms with Gasteiger partial charge in [-0.1, -0.05) is 23.7 Å². The quantitative estimate of drug-likeness (QED) is 0.664. The number of aromatic nitrogens is 1. The van der Waals surface area contributed by atoms with E-state index in [4.69, 9.17) is 11.6 Å². The highest BCUT2D eigenvalue weighted by Gasteiger charge is 1.95. The number of benzene rings is 1. The fraction of sp³-hybridized carbons (Fsp3) is 0.0769. The molecule has 2 aromatic rings. The molecule has 0 unspecified atom stereocenters. The first-order chi connectivity index (χ1) is 8.25. The summed E-state index contributed by atoms with van der Waals surface area (Å²) in [6.45, 7) is 1.96. The topological polar surface area (TPSA) is 37.3 Å². The molecule has 1 N–H and O–H groups in total. The van der Waals surface area contributed by atoms with Crippen molar-refractivity contribution in [2.45, 2.75) is 6.92 Å². The van der Waals surface area contributed by atoms with Crippen LogP contribution in [0.2, 0.25) is 5.02 Å². The highest BCUT2D eigenvalue weighted by atomic mass is 35.5. The third kappa shape index (κ3) is 3.29. The summed E-state index contributed by atoms with van der Waals surface area (Å²) in [4.78, 5) is 4.13. The van der Waals surface area contributed by atoms with E-state index in [0.717, 1.165) is 22.0 Å². The lowest BCUT2D eigenvalue weighted by Gasteiger charge is -2.02. The van der Waals surface area contributed by atoms with Crippen LogP contribution < -0.4 is 5.43 Å². The van der Waals surface area contributed by atoms with Crippen molar-refractivity contribution >= 4 is 23.5 Å². The average molecular weight is 246 g/mol. The minimum atomic E-state index is 0.725. The molecule has 0 aliphatic rings. The zero-order valence-electron chi connectivity index (χ0n) is 9.39. The second kappa shape index (κ2) is 5.46. The number of halogens is 1. The molecule has 1 aromatic heterocycles. The van der Waals surface area contributed by atoms with Crippen LogP contribution >= 0.6 is 11.6 Å².